The molecule has 7 nitrogen and oxygen atoms in total. The van der Waals surface area contributed by atoms with Gasteiger partial charge in [0.2, 0.25) is 5.91 Å². The van der Waals surface area contributed by atoms with Crippen molar-refractivity contribution in [3.63, 3.8) is 0 Å². The van der Waals surface area contributed by atoms with E-state index in [1.807, 2.05) is 0 Å². The van der Waals surface area contributed by atoms with Gasteiger partial charge in [-0.05, 0) is 19.9 Å². The smallest absolute Gasteiger partial charge is 0.328 e. The third-order valence-corrected chi connectivity index (χ3v) is 3.19. The SMILES string of the molecule is Cc1cn(CC(=O)N2CCCNCC2)c(=O)[nH]c1=O. The normalized spacial score (nSPS) is 16.2. The Hall–Kier alpha value is -1.89. The number of H-pyrrole nitrogens is 1. The minimum atomic E-state index is -0.545. The number of aromatic nitrogens is 2. The lowest BCUT2D eigenvalue weighted by Gasteiger charge is -2.20. The van der Waals surface area contributed by atoms with Gasteiger partial charge in [-0.3, -0.25) is 19.1 Å². The van der Waals surface area contributed by atoms with Gasteiger partial charge in [0.05, 0.1) is 0 Å². The summed E-state index contributed by atoms with van der Waals surface area (Å²) in [6.45, 7) is 4.59. The number of aryl methyl sites for hydroxylation is 1. The fraction of sp³-hybridized carbons (Fsp3) is 0.583. The Morgan fingerprint density at radius 1 is 1.32 bits per heavy atom. The van der Waals surface area contributed by atoms with E-state index in [0.29, 0.717) is 18.7 Å². The van der Waals surface area contributed by atoms with Gasteiger partial charge in [-0.2, -0.15) is 0 Å². The third-order valence-electron chi connectivity index (χ3n) is 3.19. The molecule has 7 heteroatoms. The number of rotatable bonds is 2. The number of hydrogen-bond acceptors (Lipinski definition) is 4. The van der Waals surface area contributed by atoms with E-state index in [0.717, 1.165) is 19.5 Å². The molecule has 0 radical (unpaired) electrons. The first-order chi connectivity index (χ1) is 9.08. The highest BCUT2D eigenvalue weighted by molar-refractivity contribution is 5.76. The van der Waals surface area contributed by atoms with E-state index in [-0.39, 0.29) is 12.5 Å². The number of hydrogen-bond donors (Lipinski definition) is 2. The van der Waals surface area contributed by atoms with Gasteiger partial charge in [-0.25, -0.2) is 4.79 Å². The van der Waals surface area contributed by atoms with Crippen LogP contribution in [0.3, 0.4) is 0 Å². The number of nitrogens with one attached hydrogen (secondary N) is 2. The maximum Gasteiger partial charge on any atom is 0.328 e. The first kappa shape index (κ1) is 13.5. The molecule has 1 amide bonds. The van der Waals surface area contributed by atoms with E-state index >= 15 is 0 Å². The lowest BCUT2D eigenvalue weighted by atomic mass is 10.3. The van der Waals surface area contributed by atoms with Crippen molar-refractivity contribution >= 4 is 5.91 Å². The predicted molar refractivity (Wildman–Crippen MR) is 70.1 cm³/mol. The Labute approximate surface area is 110 Å². The van der Waals surface area contributed by atoms with Gasteiger partial charge in [0.15, 0.2) is 0 Å². The minimum Gasteiger partial charge on any atom is -0.340 e. The number of aromatic amines is 1. The highest BCUT2D eigenvalue weighted by Crippen LogP contribution is 1.98. The number of carbonyl (C=O) groups is 1. The Kier molecular flexibility index (Phi) is 4.16. The summed E-state index contributed by atoms with van der Waals surface area (Å²) in [7, 11) is 0. The molecule has 1 aliphatic heterocycles. The van der Waals surface area contributed by atoms with Gasteiger partial charge < -0.3 is 10.2 Å². The van der Waals surface area contributed by atoms with Crippen LogP contribution in [0.5, 0.6) is 0 Å². The average molecular weight is 266 g/mol. The van der Waals surface area contributed by atoms with Gasteiger partial charge in [-0.1, -0.05) is 0 Å². The molecule has 0 spiro atoms. The largest absolute Gasteiger partial charge is 0.340 e. The molecule has 0 unspecified atom stereocenters. The Balaban J connectivity index is 2.12. The second-order valence-electron chi connectivity index (χ2n) is 4.68. The molecule has 0 aromatic carbocycles. The van der Waals surface area contributed by atoms with Crippen molar-refractivity contribution in [2.24, 2.45) is 0 Å². The lowest BCUT2D eigenvalue weighted by molar-refractivity contribution is -0.131. The van der Waals surface area contributed by atoms with Crippen LogP contribution in [0.1, 0.15) is 12.0 Å². The standard InChI is InChI=1S/C12H18N4O3/c1-9-7-16(12(19)14-11(9)18)8-10(17)15-5-2-3-13-4-6-15/h7,13H,2-6,8H2,1H3,(H,14,18,19). The maximum absolute atomic E-state index is 12.1. The van der Waals surface area contributed by atoms with E-state index < -0.39 is 11.2 Å². The van der Waals surface area contributed by atoms with Crippen molar-refractivity contribution in [2.75, 3.05) is 26.2 Å². The topological polar surface area (TPSA) is 87.2 Å². The van der Waals surface area contributed by atoms with Crippen LogP contribution in [0.25, 0.3) is 0 Å². The number of nitrogens with zero attached hydrogens (tertiary/aromatic N) is 2. The molecule has 1 aromatic heterocycles. The average Bonchev–Trinajstić information content (AvgIpc) is 2.64. The van der Waals surface area contributed by atoms with Crippen LogP contribution in [0.2, 0.25) is 0 Å². The van der Waals surface area contributed by atoms with Crippen molar-refractivity contribution in [2.45, 2.75) is 19.9 Å². The number of carbonyl (C=O) groups excluding carboxylic acids is 1. The quantitative estimate of drug-likeness (QED) is 0.694. The van der Waals surface area contributed by atoms with Crippen LogP contribution >= 0.6 is 0 Å². The van der Waals surface area contributed by atoms with Crippen LogP contribution in [0.4, 0.5) is 0 Å². The van der Waals surface area contributed by atoms with E-state index in [1.54, 1.807) is 11.8 Å². The zero-order valence-corrected chi connectivity index (χ0v) is 10.9. The van der Waals surface area contributed by atoms with Crippen LogP contribution in [0.15, 0.2) is 15.8 Å². The molecule has 1 aliphatic rings. The van der Waals surface area contributed by atoms with Gasteiger partial charge in [0.25, 0.3) is 5.56 Å². The second-order valence-corrected chi connectivity index (χ2v) is 4.68. The summed E-state index contributed by atoms with van der Waals surface area (Å²) in [4.78, 5) is 38.9. The summed E-state index contributed by atoms with van der Waals surface area (Å²) < 4.78 is 1.25. The minimum absolute atomic E-state index is 0.0313. The highest BCUT2D eigenvalue weighted by Gasteiger charge is 2.16. The molecule has 2 heterocycles. The van der Waals surface area contributed by atoms with Gasteiger partial charge in [0.1, 0.15) is 6.54 Å². The van der Waals surface area contributed by atoms with Crippen molar-refractivity contribution in [1.29, 1.82) is 0 Å². The van der Waals surface area contributed by atoms with Crippen LogP contribution < -0.4 is 16.6 Å². The molecule has 19 heavy (non-hydrogen) atoms. The fourth-order valence-electron chi connectivity index (χ4n) is 2.08. The number of amides is 1. The monoisotopic (exact) mass is 266 g/mol. The summed E-state index contributed by atoms with van der Waals surface area (Å²) in [6, 6.07) is 0. The molecule has 0 atom stereocenters. The lowest BCUT2D eigenvalue weighted by Crippen LogP contribution is -2.40. The molecular formula is C12H18N4O3. The Morgan fingerprint density at radius 3 is 2.89 bits per heavy atom. The molecule has 0 saturated carbocycles. The molecule has 1 fully saturated rings. The van der Waals surface area contributed by atoms with Crippen LogP contribution in [-0.2, 0) is 11.3 Å². The second kappa shape index (κ2) is 5.83. The molecule has 104 valence electrons. The molecule has 2 N–H and O–H groups in total. The summed E-state index contributed by atoms with van der Waals surface area (Å²) in [5.74, 6) is -0.0998. The Morgan fingerprint density at radius 2 is 2.11 bits per heavy atom. The van der Waals surface area contributed by atoms with Gasteiger partial charge in [-0.15, -0.1) is 0 Å². The molecule has 2 rings (SSSR count). The fourth-order valence-corrected chi connectivity index (χ4v) is 2.08. The molecule has 1 saturated heterocycles. The van der Waals surface area contributed by atoms with Crippen molar-refractivity contribution < 1.29 is 4.79 Å². The van der Waals surface area contributed by atoms with E-state index in [1.165, 1.54) is 10.8 Å². The summed E-state index contributed by atoms with van der Waals surface area (Å²) >= 11 is 0. The predicted octanol–water partition coefficient (Wildman–Crippen LogP) is -1.33. The maximum atomic E-state index is 12.1. The Bertz CT molecular complexity index is 567. The molecule has 0 bridgehead atoms. The zero-order chi connectivity index (χ0) is 13.8. The summed E-state index contributed by atoms with van der Waals surface area (Å²) in [6.07, 6.45) is 2.33. The molecule has 0 aliphatic carbocycles. The molecule has 1 aromatic rings. The van der Waals surface area contributed by atoms with E-state index in [4.69, 9.17) is 0 Å². The van der Waals surface area contributed by atoms with E-state index in [9.17, 15) is 14.4 Å². The summed E-state index contributed by atoms with van der Waals surface area (Å²) in [5, 5.41) is 3.21. The van der Waals surface area contributed by atoms with Gasteiger partial charge >= 0.3 is 5.69 Å². The van der Waals surface area contributed by atoms with Gasteiger partial charge in [0, 0.05) is 31.4 Å². The first-order valence-electron chi connectivity index (χ1n) is 6.37. The first-order valence-corrected chi connectivity index (χ1v) is 6.37. The van der Waals surface area contributed by atoms with Crippen molar-refractivity contribution in [3.8, 4) is 0 Å². The highest BCUT2D eigenvalue weighted by atomic mass is 16.2. The summed E-state index contributed by atoms with van der Waals surface area (Å²) in [5.41, 5.74) is -0.533. The van der Waals surface area contributed by atoms with Crippen LogP contribution in [0, 0.1) is 6.92 Å². The molecular weight excluding hydrogens is 248 g/mol. The van der Waals surface area contributed by atoms with Crippen molar-refractivity contribution in [1.82, 2.24) is 19.8 Å². The van der Waals surface area contributed by atoms with E-state index in [2.05, 4.69) is 10.3 Å². The zero-order valence-electron chi connectivity index (χ0n) is 10.9. The van der Waals surface area contributed by atoms with Crippen LogP contribution in [-0.4, -0.2) is 46.5 Å². The third kappa shape index (κ3) is 3.31. The van der Waals surface area contributed by atoms with Crippen molar-refractivity contribution in [3.05, 3.63) is 32.6 Å².